The number of hydrogen-bond acceptors (Lipinski definition) is 2. The summed E-state index contributed by atoms with van der Waals surface area (Å²) in [4.78, 5) is 0. The van der Waals surface area contributed by atoms with Crippen LogP contribution in [0.25, 0.3) is 0 Å². The van der Waals surface area contributed by atoms with Gasteiger partial charge in [0.15, 0.2) is 0 Å². The summed E-state index contributed by atoms with van der Waals surface area (Å²) in [5, 5.41) is 10.8. The molecule has 0 spiro atoms. The van der Waals surface area contributed by atoms with Gasteiger partial charge >= 0.3 is 0 Å². The van der Waals surface area contributed by atoms with Crippen LogP contribution in [-0.2, 0) is 11.2 Å². The lowest BCUT2D eigenvalue weighted by Gasteiger charge is -2.42. The second-order valence-electron chi connectivity index (χ2n) is 6.11. The van der Waals surface area contributed by atoms with E-state index in [-0.39, 0.29) is 5.02 Å². The Bertz CT molecular complexity index is 470. The fourth-order valence-corrected chi connectivity index (χ4v) is 3.42. The Hall–Kier alpha value is -0.640. The smallest absolute Gasteiger partial charge is 0.142 e. The van der Waals surface area contributed by atoms with Gasteiger partial charge in [-0.15, -0.1) is 0 Å². The van der Waals surface area contributed by atoms with E-state index in [0.717, 1.165) is 25.7 Å². The molecule has 21 heavy (non-hydrogen) atoms. The summed E-state index contributed by atoms with van der Waals surface area (Å²) >= 11 is 5.99. The number of aliphatic hydroxyl groups is 1. The van der Waals surface area contributed by atoms with Gasteiger partial charge in [-0.2, -0.15) is 0 Å². The minimum absolute atomic E-state index is 0.104. The Morgan fingerprint density at radius 3 is 2.71 bits per heavy atom. The van der Waals surface area contributed by atoms with Crippen molar-refractivity contribution < 1.29 is 14.2 Å². The summed E-state index contributed by atoms with van der Waals surface area (Å²) in [7, 11) is 0. The normalized spacial score (nSPS) is 27.6. The molecule has 0 bridgehead atoms. The first kappa shape index (κ1) is 16.7. The number of hydrogen-bond donors (Lipinski definition) is 1. The summed E-state index contributed by atoms with van der Waals surface area (Å²) in [6.07, 6.45) is 3.45. The second kappa shape index (κ2) is 7.08. The van der Waals surface area contributed by atoms with Gasteiger partial charge in [0.05, 0.1) is 16.7 Å². The van der Waals surface area contributed by atoms with Gasteiger partial charge in [-0.3, -0.25) is 0 Å². The molecule has 4 heteroatoms. The second-order valence-corrected chi connectivity index (χ2v) is 6.49. The minimum Gasteiger partial charge on any atom is -0.390 e. The molecule has 0 saturated heterocycles. The van der Waals surface area contributed by atoms with Gasteiger partial charge in [0.1, 0.15) is 5.82 Å². The van der Waals surface area contributed by atoms with Gasteiger partial charge in [-0.1, -0.05) is 30.7 Å². The lowest BCUT2D eigenvalue weighted by Crippen LogP contribution is -2.48. The lowest BCUT2D eigenvalue weighted by molar-refractivity contribution is -0.143. The molecule has 1 fully saturated rings. The molecule has 1 N–H and O–H groups in total. The van der Waals surface area contributed by atoms with E-state index in [9.17, 15) is 9.50 Å². The van der Waals surface area contributed by atoms with Crippen LogP contribution in [0.5, 0.6) is 0 Å². The minimum atomic E-state index is -0.663. The first-order chi connectivity index (χ1) is 9.98. The fraction of sp³-hybridized carbons (Fsp3) is 0.647. The average Bonchev–Trinajstić information content (AvgIpc) is 2.46. The zero-order valence-electron chi connectivity index (χ0n) is 12.7. The number of ether oxygens (including phenoxy) is 1. The van der Waals surface area contributed by atoms with Gasteiger partial charge < -0.3 is 9.84 Å². The third kappa shape index (κ3) is 3.77. The highest BCUT2D eigenvalue weighted by atomic mass is 35.5. The van der Waals surface area contributed by atoms with Crippen molar-refractivity contribution in [1.29, 1.82) is 0 Å². The Labute approximate surface area is 131 Å². The van der Waals surface area contributed by atoms with Gasteiger partial charge in [-0.05, 0) is 50.2 Å². The maximum absolute atomic E-state index is 13.5. The molecule has 1 aromatic rings. The fourth-order valence-electron chi connectivity index (χ4n) is 3.21. The monoisotopic (exact) mass is 314 g/mol. The van der Waals surface area contributed by atoms with Crippen molar-refractivity contribution in [2.45, 2.75) is 57.7 Å². The summed E-state index contributed by atoms with van der Waals surface area (Å²) < 4.78 is 19.5. The number of aliphatic hydroxyl groups excluding tert-OH is 1. The zero-order valence-corrected chi connectivity index (χ0v) is 13.5. The molecule has 0 radical (unpaired) electrons. The van der Waals surface area contributed by atoms with Gasteiger partial charge in [-0.25, -0.2) is 4.39 Å². The van der Waals surface area contributed by atoms with Crippen LogP contribution in [0, 0.1) is 11.7 Å². The van der Waals surface area contributed by atoms with E-state index in [1.54, 1.807) is 12.1 Å². The summed E-state index contributed by atoms with van der Waals surface area (Å²) in [5.41, 5.74) is 0.124. The van der Waals surface area contributed by atoms with Gasteiger partial charge in [0.25, 0.3) is 0 Å². The molecule has 2 rings (SSSR count). The molecule has 0 aliphatic heterocycles. The van der Waals surface area contributed by atoms with Crippen LogP contribution in [-0.4, -0.2) is 23.4 Å². The predicted octanol–water partition coefficient (Wildman–Crippen LogP) is 4.37. The molecular weight excluding hydrogens is 291 g/mol. The predicted molar refractivity (Wildman–Crippen MR) is 83.1 cm³/mol. The van der Waals surface area contributed by atoms with Gasteiger partial charge in [0.2, 0.25) is 0 Å². The van der Waals surface area contributed by atoms with Crippen molar-refractivity contribution in [3.8, 4) is 0 Å². The lowest BCUT2D eigenvalue weighted by atomic mass is 9.75. The van der Waals surface area contributed by atoms with E-state index >= 15 is 0 Å². The average molecular weight is 315 g/mol. The summed E-state index contributed by atoms with van der Waals surface area (Å²) in [6.45, 7) is 4.75. The standard InChI is InChI=1S/C17H24ClFO2/c1-3-21-17(9-7-12(2)8-10-17)15(20)11-13-5-4-6-14(19)16(13)18/h4-6,12,15,20H,3,7-11H2,1-2H3. The van der Waals surface area contributed by atoms with Crippen LogP contribution in [0.1, 0.15) is 45.1 Å². The number of rotatable bonds is 5. The molecule has 1 unspecified atom stereocenters. The molecule has 0 heterocycles. The highest BCUT2D eigenvalue weighted by molar-refractivity contribution is 6.31. The maximum atomic E-state index is 13.5. The van der Waals surface area contributed by atoms with Crippen LogP contribution in [0.2, 0.25) is 5.02 Å². The molecule has 1 atom stereocenters. The largest absolute Gasteiger partial charge is 0.390 e. The van der Waals surface area contributed by atoms with Crippen molar-refractivity contribution in [2.75, 3.05) is 6.61 Å². The quantitative estimate of drug-likeness (QED) is 0.874. The van der Waals surface area contributed by atoms with Crippen molar-refractivity contribution in [3.63, 3.8) is 0 Å². The molecule has 1 saturated carbocycles. The zero-order chi connectivity index (χ0) is 15.5. The van der Waals surface area contributed by atoms with Crippen molar-refractivity contribution in [2.24, 2.45) is 5.92 Å². The van der Waals surface area contributed by atoms with Crippen LogP contribution in [0.15, 0.2) is 18.2 Å². The van der Waals surface area contributed by atoms with E-state index in [0.29, 0.717) is 24.5 Å². The Kier molecular flexibility index (Phi) is 5.64. The SMILES string of the molecule is CCOC1(C(O)Cc2cccc(F)c2Cl)CCC(C)CC1. The molecule has 118 valence electrons. The van der Waals surface area contributed by atoms with Crippen LogP contribution in [0.4, 0.5) is 4.39 Å². The van der Waals surface area contributed by atoms with Crippen LogP contribution >= 0.6 is 11.6 Å². The molecule has 0 aromatic heterocycles. The van der Waals surface area contributed by atoms with E-state index < -0.39 is 17.5 Å². The van der Waals surface area contributed by atoms with Crippen LogP contribution in [0.3, 0.4) is 0 Å². The Balaban J connectivity index is 2.15. The van der Waals surface area contributed by atoms with E-state index in [2.05, 4.69) is 6.92 Å². The van der Waals surface area contributed by atoms with Crippen molar-refractivity contribution in [3.05, 3.63) is 34.6 Å². The number of benzene rings is 1. The first-order valence-corrected chi connectivity index (χ1v) is 8.11. The first-order valence-electron chi connectivity index (χ1n) is 7.73. The Morgan fingerprint density at radius 2 is 2.10 bits per heavy atom. The number of halogens is 2. The molecule has 1 aliphatic rings. The molecule has 0 amide bonds. The van der Waals surface area contributed by atoms with Crippen LogP contribution < -0.4 is 0 Å². The molecular formula is C17H24ClFO2. The highest BCUT2D eigenvalue weighted by Gasteiger charge is 2.41. The van der Waals surface area contributed by atoms with E-state index in [1.807, 2.05) is 6.92 Å². The molecule has 2 nitrogen and oxygen atoms in total. The third-order valence-corrected chi connectivity index (χ3v) is 5.03. The van der Waals surface area contributed by atoms with E-state index in [1.165, 1.54) is 6.07 Å². The summed E-state index contributed by atoms with van der Waals surface area (Å²) in [6, 6.07) is 4.72. The van der Waals surface area contributed by atoms with Crippen molar-refractivity contribution in [1.82, 2.24) is 0 Å². The Morgan fingerprint density at radius 1 is 1.43 bits per heavy atom. The third-order valence-electron chi connectivity index (χ3n) is 4.60. The summed E-state index contributed by atoms with van der Waals surface area (Å²) in [5.74, 6) is 0.229. The van der Waals surface area contributed by atoms with Gasteiger partial charge in [0, 0.05) is 13.0 Å². The molecule has 1 aromatic carbocycles. The maximum Gasteiger partial charge on any atom is 0.142 e. The van der Waals surface area contributed by atoms with E-state index in [4.69, 9.17) is 16.3 Å². The van der Waals surface area contributed by atoms with Crippen molar-refractivity contribution >= 4 is 11.6 Å². The molecule has 1 aliphatic carbocycles. The topological polar surface area (TPSA) is 29.5 Å². The highest BCUT2D eigenvalue weighted by Crippen LogP contribution is 2.38.